The lowest BCUT2D eigenvalue weighted by molar-refractivity contribution is 0.103. The summed E-state index contributed by atoms with van der Waals surface area (Å²) in [6, 6.07) is 12.7. The number of benzene rings is 1. The summed E-state index contributed by atoms with van der Waals surface area (Å²) in [7, 11) is 0. The number of carbonyl (C=O) groups is 1. The van der Waals surface area contributed by atoms with Crippen molar-refractivity contribution in [2.45, 2.75) is 13.8 Å². The number of rotatable bonds is 6. The monoisotopic (exact) mass is 387 g/mol. The first-order valence-electron chi connectivity index (χ1n) is 8.07. The first kappa shape index (κ1) is 18.2. The molecule has 0 spiro atoms. The molecular weight excluding hydrogens is 370 g/mol. The molecule has 0 radical (unpaired) electrons. The van der Waals surface area contributed by atoms with Crippen LogP contribution in [0.15, 0.2) is 42.5 Å². The maximum absolute atomic E-state index is 12.1. The van der Waals surface area contributed by atoms with Crippen LogP contribution in [-0.4, -0.2) is 22.4 Å². The van der Waals surface area contributed by atoms with Gasteiger partial charge in [0.15, 0.2) is 0 Å². The first-order chi connectivity index (χ1) is 12.5. The van der Waals surface area contributed by atoms with Crippen molar-refractivity contribution in [1.29, 1.82) is 0 Å². The smallest absolute Gasteiger partial charge is 0.265 e. The number of nitrogens with one attached hydrogen (secondary N) is 3. The molecule has 6 nitrogen and oxygen atoms in total. The van der Waals surface area contributed by atoms with E-state index in [1.165, 1.54) is 11.3 Å². The second-order valence-electron chi connectivity index (χ2n) is 5.48. The van der Waals surface area contributed by atoms with Crippen molar-refractivity contribution in [3.8, 4) is 0 Å². The first-order valence-corrected chi connectivity index (χ1v) is 9.26. The predicted molar refractivity (Wildman–Crippen MR) is 108 cm³/mol. The standard InChI is InChI=1S/C18H18ClN5OS/c1-3-20-16-10-17(22-11(2)21-16)23-12-4-6-13(7-5-12)24-18(25)14-8-9-15(19)26-14/h4-10H,3H2,1-2H3,(H,24,25)(H2,20,21,22,23). The van der Waals surface area contributed by atoms with Gasteiger partial charge in [0.25, 0.3) is 5.91 Å². The summed E-state index contributed by atoms with van der Waals surface area (Å²) >= 11 is 7.11. The fourth-order valence-electron chi connectivity index (χ4n) is 2.32. The van der Waals surface area contributed by atoms with Crippen LogP contribution in [0, 0.1) is 6.92 Å². The average molecular weight is 388 g/mol. The highest BCUT2D eigenvalue weighted by atomic mass is 35.5. The fraction of sp³-hybridized carbons (Fsp3) is 0.167. The fourth-order valence-corrected chi connectivity index (χ4v) is 3.26. The highest BCUT2D eigenvalue weighted by molar-refractivity contribution is 7.18. The Hall–Kier alpha value is -2.64. The molecule has 134 valence electrons. The van der Waals surface area contributed by atoms with E-state index in [9.17, 15) is 4.79 Å². The van der Waals surface area contributed by atoms with Gasteiger partial charge in [-0.15, -0.1) is 11.3 Å². The minimum absolute atomic E-state index is 0.177. The largest absolute Gasteiger partial charge is 0.370 e. The van der Waals surface area contributed by atoms with Crippen LogP contribution >= 0.6 is 22.9 Å². The minimum Gasteiger partial charge on any atom is -0.370 e. The molecule has 8 heteroatoms. The number of hydrogen-bond acceptors (Lipinski definition) is 6. The number of anilines is 4. The Morgan fingerprint density at radius 2 is 1.77 bits per heavy atom. The van der Waals surface area contributed by atoms with Gasteiger partial charge in [-0.1, -0.05) is 11.6 Å². The van der Waals surface area contributed by atoms with Gasteiger partial charge in [0.2, 0.25) is 0 Å². The van der Waals surface area contributed by atoms with Crippen LogP contribution in [0.25, 0.3) is 0 Å². The van der Waals surface area contributed by atoms with E-state index in [4.69, 9.17) is 11.6 Å². The Kier molecular flexibility index (Phi) is 5.70. The van der Waals surface area contributed by atoms with Crippen molar-refractivity contribution in [1.82, 2.24) is 9.97 Å². The number of nitrogens with zero attached hydrogens (tertiary/aromatic N) is 2. The van der Waals surface area contributed by atoms with Crippen LogP contribution in [0.2, 0.25) is 4.34 Å². The zero-order valence-electron chi connectivity index (χ0n) is 14.3. The van der Waals surface area contributed by atoms with Gasteiger partial charge in [-0.2, -0.15) is 0 Å². The molecule has 0 aliphatic rings. The Morgan fingerprint density at radius 1 is 1.08 bits per heavy atom. The van der Waals surface area contributed by atoms with Crippen molar-refractivity contribution in [3.63, 3.8) is 0 Å². The van der Waals surface area contributed by atoms with Crippen LogP contribution in [0.1, 0.15) is 22.4 Å². The molecule has 0 saturated heterocycles. The molecule has 3 N–H and O–H groups in total. The zero-order chi connectivity index (χ0) is 18.5. The van der Waals surface area contributed by atoms with Gasteiger partial charge < -0.3 is 16.0 Å². The molecule has 2 heterocycles. The lowest BCUT2D eigenvalue weighted by Crippen LogP contribution is -2.09. The summed E-state index contributed by atoms with van der Waals surface area (Å²) in [5.41, 5.74) is 1.57. The number of halogens is 1. The van der Waals surface area contributed by atoms with E-state index in [2.05, 4.69) is 25.9 Å². The molecule has 0 bridgehead atoms. The lowest BCUT2D eigenvalue weighted by Gasteiger charge is -2.10. The second-order valence-corrected chi connectivity index (χ2v) is 7.19. The lowest BCUT2D eigenvalue weighted by atomic mass is 10.2. The summed E-state index contributed by atoms with van der Waals surface area (Å²) in [6.07, 6.45) is 0. The number of thiophene rings is 1. The van der Waals surface area contributed by atoms with Crippen LogP contribution in [0.4, 0.5) is 23.0 Å². The third-order valence-corrected chi connectivity index (χ3v) is 4.64. The van der Waals surface area contributed by atoms with E-state index in [1.54, 1.807) is 12.1 Å². The van der Waals surface area contributed by atoms with E-state index >= 15 is 0 Å². The third kappa shape index (κ3) is 4.71. The van der Waals surface area contributed by atoms with Crippen molar-refractivity contribution >= 4 is 51.9 Å². The summed E-state index contributed by atoms with van der Waals surface area (Å²) in [5.74, 6) is 1.99. The molecule has 0 fully saturated rings. The molecule has 3 aromatic rings. The van der Waals surface area contributed by atoms with Gasteiger partial charge in [-0.3, -0.25) is 4.79 Å². The third-order valence-electron chi connectivity index (χ3n) is 3.41. The van der Waals surface area contributed by atoms with Gasteiger partial charge in [0.05, 0.1) is 9.21 Å². The summed E-state index contributed by atoms with van der Waals surface area (Å²) in [6.45, 7) is 4.66. The Morgan fingerprint density at radius 3 is 2.42 bits per heavy atom. The topological polar surface area (TPSA) is 78.9 Å². The molecule has 0 saturated carbocycles. The number of aryl methyl sites for hydroxylation is 1. The van der Waals surface area contributed by atoms with Gasteiger partial charge in [0.1, 0.15) is 17.5 Å². The summed E-state index contributed by atoms with van der Waals surface area (Å²) in [4.78, 5) is 21.4. The number of aromatic nitrogens is 2. The highest BCUT2D eigenvalue weighted by Gasteiger charge is 2.09. The van der Waals surface area contributed by atoms with Gasteiger partial charge in [-0.05, 0) is 50.2 Å². The van der Waals surface area contributed by atoms with Crippen molar-refractivity contribution < 1.29 is 4.79 Å². The van der Waals surface area contributed by atoms with E-state index in [0.29, 0.717) is 26.5 Å². The number of carbonyl (C=O) groups excluding carboxylic acids is 1. The second kappa shape index (κ2) is 8.16. The normalized spacial score (nSPS) is 10.4. The quantitative estimate of drug-likeness (QED) is 0.559. The summed E-state index contributed by atoms with van der Waals surface area (Å²) in [5, 5.41) is 9.26. The molecule has 3 rings (SSSR count). The number of hydrogen-bond donors (Lipinski definition) is 3. The Balaban J connectivity index is 1.67. The SMILES string of the molecule is CCNc1cc(Nc2ccc(NC(=O)c3ccc(Cl)s3)cc2)nc(C)n1. The average Bonchev–Trinajstić information content (AvgIpc) is 3.03. The molecule has 1 aromatic carbocycles. The van der Waals surface area contributed by atoms with Gasteiger partial charge in [0, 0.05) is 24.0 Å². The van der Waals surface area contributed by atoms with Crippen molar-refractivity contribution in [2.24, 2.45) is 0 Å². The molecule has 26 heavy (non-hydrogen) atoms. The molecule has 0 aliphatic heterocycles. The van der Waals surface area contributed by atoms with Crippen LogP contribution in [0.3, 0.4) is 0 Å². The summed E-state index contributed by atoms with van der Waals surface area (Å²) < 4.78 is 0.590. The zero-order valence-corrected chi connectivity index (χ0v) is 15.9. The van der Waals surface area contributed by atoms with E-state index in [1.807, 2.05) is 44.2 Å². The molecule has 0 unspecified atom stereocenters. The highest BCUT2D eigenvalue weighted by Crippen LogP contribution is 2.23. The molecule has 0 aliphatic carbocycles. The van der Waals surface area contributed by atoms with E-state index < -0.39 is 0 Å². The van der Waals surface area contributed by atoms with Gasteiger partial charge >= 0.3 is 0 Å². The van der Waals surface area contributed by atoms with Gasteiger partial charge in [-0.25, -0.2) is 9.97 Å². The van der Waals surface area contributed by atoms with Crippen LogP contribution < -0.4 is 16.0 Å². The maximum Gasteiger partial charge on any atom is 0.265 e. The molecule has 1 amide bonds. The van der Waals surface area contributed by atoms with E-state index in [-0.39, 0.29) is 5.91 Å². The minimum atomic E-state index is -0.177. The molecule has 0 atom stereocenters. The molecule has 2 aromatic heterocycles. The Labute approximate surface area is 160 Å². The van der Waals surface area contributed by atoms with Crippen LogP contribution in [0.5, 0.6) is 0 Å². The Bertz CT molecular complexity index is 910. The van der Waals surface area contributed by atoms with Crippen molar-refractivity contribution in [3.05, 3.63) is 57.5 Å². The maximum atomic E-state index is 12.1. The van der Waals surface area contributed by atoms with E-state index in [0.717, 1.165) is 18.1 Å². The number of amides is 1. The molecular formula is C18H18ClN5OS. The van der Waals surface area contributed by atoms with Crippen LogP contribution in [-0.2, 0) is 0 Å². The van der Waals surface area contributed by atoms with Crippen molar-refractivity contribution in [2.75, 3.05) is 22.5 Å². The predicted octanol–water partition coefficient (Wildman–Crippen LogP) is 4.93.